The van der Waals surface area contributed by atoms with Gasteiger partial charge in [0.05, 0.1) is 14.2 Å². The molecule has 0 radical (unpaired) electrons. The van der Waals surface area contributed by atoms with Gasteiger partial charge in [0.15, 0.2) is 0 Å². The van der Waals surface area contributed by atoms with Crippen LogP contribution < -0.4 is 14.8 Å². The maximum atomic E-state index is 5.39. The Bertz CT molecular complexity index is 347. The molecule has 102 valence electrons. The molecule has 0 aliphatic rings. The van der Waals surface area contributed by atoms with Crippen LogP contribution in [-0.4, -0.2) is 26.3 Å². The number of nitrogens with one attached hydrogen (secondary N) is 1. The minimum Gasteiger partial charge on any atom is -0.496 e. The van der Waals surface area contributed by atoms with Crippen LogP contribution in [0.25, 0.3) is 0 Å². The third-order valence-electron chi connectivity index (χ3n) is 2.79. The lowest BCUT2D eigenvalue weighted by molar-refractivity contribution is 0.381. The highest BCUT2D eigenvalue weighted by atomic mass is 16.5. The van der Waals surface area contributed by atoms with Gasteiger partial charge in [-0.2, -0.15) is 0 Å². The van der Waals surface area contributed by atoms with Crippen molar-refractivity contribution >= 4 is 0 Å². The number of benzene rings is 1. The van der Waals surface area contributed by atoms with Crippen LogP contribution in [0, 0.1) is 0 Å². The second-order valence-corrected chi connectivity index (χ2v) is 5.42. The number of ether oxygens (including phenoxy) is 2. The first-order chi connectivity index (χ1) is 8.48. The van der Waals surface area contributed by atoms with E-state index in [0.717, 1.165) is 36.4 Å². The van der Waals surface area contributed by atoms with Gasteiger partial charge >= 0.3 is 0 Å². The monoisotopic (exact) mass is 251 g/mol. The zero-order valence-corrected chi connectivity index (χ0v) is 12.2. The van der Waals surface area contributed by atoms with E-state index in [9.17, 15) is 0 Å². The Morgan fingerprint density at radius 2 is 1.61 bits per heavy atom. The summed E-state index contributed by atoms with van der Waals surface area (Å²) in [7, 11) is 3.40. The van der Waals surface area contributed by atoms with Crippen molar-refractivity contribution in [1.82, 2.24) is 5.32 Å². The van der Waals surface area contributed by atoms with E-state index in [0.29, 0.717) is 0 Å². The zero-order chi connectivity index (χ0) is 13.6. The lowest BCUT2D eigenvalue weighted by Gasteiger charge is -2.20. The van der Waals surface area contributed by atoms with Gasteiger partial charge in [-0.25, -0.2) is 0 Å². The summed E-state index contributed by atoms with van der Waals surface area (Å²) in [6.45, 7) is 7.52. The highest BCUT2D eigenvalue weighted by molar-refractivity contribution is 5.44. The molecular formula is C15H25NO2. The molecule has 1 aromatic rings. The van der Waals surface area contributed by atoms with E-state index in [1.807, 2.05) is 18.2 Å². The zero-order valence-electron chi connectivity index (χ0n) is 12.2. The average Bonchev–Trinajstić information content (AvgIpc) is 2.33. The lowest BCUT2D eigenvalue weighted by Crippen LogP contribution is -2.36. The summed E-state index contributed by atoms with van der Waals surface area (Å²) in [5, 5.41) is 3.49. The Morgan fingerprint density at radius 3 is 2.06 bits per heavy atom. The van der Waals surface area contributed by atoms with Crippen LogP contribution in [0.3, 0.4) is 0 Å². The first-order valence-corrected chi connectivity index (χ1v) is 6.43. The molecule has 0 atom stereocenters. The fourth-order valence-corrected chi connectivity index (χ4v) is 1.90. The minimum atomic E-state index is 0.171. The third-order valence-corrected chi connectivity index (χ3v) is 2.79. The van der Waals surface area contributed by atoms with Crippen molar-refractivity contribution in [3.63, 3.8) is 0 Å². The highest BCUT2D eigenvalue weighted by Gasteiger charge is 2.11. The molecule has 18 heavy (non-hydrogen) atoms. The van der Waals surface area contributed by atoms with E-state index in [1.54, 1.807) is 14.2 Å². The van der Waals surface area contributed by atoms with Crippen molar-refractivity contribution in [3.8, 4) is 11.5 Å². The van der Waals surface area contributed by atoms with Crippen LogP contribution in [0.1, 0.15) is 32.8 Å². The van der Waals surface area contributed by atoms with Gasteiger partial charge in [-0.3, -0.25) is 0 Å². The molecule has 1 aromatic carbocycles. The number of rotatable bonds is 6. The van der Waals surface area contributed by atoms with Crippen molar-refractivity contribution in [3.05, 3.63) is 23.8 Å². The van der Waals surface area contributed by atoms with Crippen LogP contribution in [0.2, 0.25) is 0 Å². The molecule has 0 fully saturated rings. The number of methoxy groups -OCH3 is 2. The highest BCUT2D eigenvalue weighted by Crippen LogP contribution is 2.29. The molecule has 0 saturated heterocycles. The molecule has 3 heteroatoms. The molecule has 1 N–H and O–H groups in total. The predicted molar refractivity (Wildman–Crippen MR) is 75.6 cm³/mol. The molecule has 3 nitrogen and oxygen atoms in total. The molecule has 1 rings (SSSR count). The molecule has 0 saturated carbocycles. The first kappa shape index (κ1) is 14.8. The first-order valence-electron chi connectivity index (χ1n) is 6.43. The lowest BCUT2D eigenvalue weighted by atomic mass is 10.1. The summed E-state index contributed by atoms with van der Waals surface area (Å²) in [5.74, 6) is 1.82. The molecule has 0 heterocycles. The standard InChI is InChI=1S/C15H25NO2/c1-15(2,3)16-11-7-8-12-13(17-4)9-6-10-14(12)18-5/h6,9-10,16H,7-8,11H2,1-5H3. The topological polar surface area (TPSA) is 30.5 Å². The summed E-state index contributed by atoms with van der Waals surface area (Å²) in [5.41, 5.74) is 1.32. The summed E-state index contributed by atoms with van der Waals surface area (Å²) in [4.78, 5) is 0. The van der Waals surface area contributed by atoms with Crippen molar-refractivity contribution < 1.29 is 9.47 Å². The van der Waals surface area contributed by atoms with E-state index in [4.69, 9.17) is 9.47 Å². The van der Waals surface area contributed by atoms with E-state index in [2.05, 4.69) is 26.1 Å². The maximum absolute atomic E-state index is 5.39. The smallest absolute Gasteiger partial charge is 0.125 e. The Hall–Kier alpha value is -1.22. The van der Waals surface area contributed by atoms with E-state index in [-0.39, 0.29) is 5.54 Å². The number of hydrogen-bond donors (Lipinski definition) is 1. The van der Waals surface area contributed by atoms with Gasteiger partial charge in [0.25, 0.3) is 0 Å². The van der Waals surface area contributed by atoms with Crippen LogP contribution >= 0.6 is 0 Å². The molecule has 0 amide bonds. The van der Waals surface area contributed by atoms with Crippen molar-refractivity contribution in [2.24, 2.45) is 0 Å². The molecule has 0 aliphatic heterocycles. The molecule has 0 aromatic heterocycles. The SMILES string of the molecule is COc1cccc(OC)c1CCCNC(C)(C)C. The number of hydrogen-bond acceptors (Lipinski definition) is 3. The Labute approximate surface area is 110 Å². The Balaban J connectivity index is 2.60. The van der Waals surface area contributed by atoms with E-state index >= 15 is 0 Å². The largest absolute Gasteiger partial charge is 0.496 e. The Kier molecular flexibility index (Phi) is 5.48. The van der Waals surface area contributed by atoms with Gasteiger partial charge in [-0.1, -0.05) is 6.07 Å². The predicted octanol–water partition coefficient (Wildman–Crippen LogP) is 3.02. The van der Waals surface area contributed by atoms with Gasteiger partial charge in [0.2, 0.25) is 0 Å². The molecule has 0 unspecified atom stereocenters. The van der Waals surface area contributed by atoms with Gasteiger partial charge < -0.3 is 14.8 Å². The van der Waals surface area contributed by atoms with Crippen LogP contribution in [-0.2, 0) is 6.42 Å². The fraction of sp³-hybridized carbons (Fsp3) is 0.600. The van der Waals surface area contributed by atoms with Gasteiger partial charge in [-0.15, -0.1) is 0 Å². The minimum absolute atomic E-state index is 0.171. The molecule has 0 spiro atoms. The van der Waals surface area contributed by atoms with E-state index in [1.165, 1.54) is 0 Å². The summed E-state index contributed by atoms with van der Waals surface area (Å²) in [6.07, 6.45) is 2.02. The second-order valence-electron chi connectivity index (χ2n) is 5.42. The van der Waals surface area contributed by atoms with Crippen molar-refractivity contribution in [2.75, 3.05) is 20.8 Å². The van der Waals surface area contributed by atoms with Crippen LogP contribution in [0.5, 0.6) is 11.5 Å². The van der Waals surface area contributed by atoms with Gasteiger partial charge in [0.1, 0.15) is 11.5 Å². The van der Waals surface area contributed by atoms with Gasteiger partial charge in [0, 0.05) is 11.1 Å². The third kappa shape index (κ3) is 4.57. The molecule has 0 bridgehead atoms. The Morgan fingerprint density at radius 1 is 1.06 bits per heavy atom. The summed E-state index contributed by atoms with van der Waals surface area (Å²) in [6, 6.07) is 5.92. The van der Waals surface area contributed by atoms with Crippen LogP contribution in [0.4, 0.5) is 0 Å². The molecular weight excluding hydrogens is 226 g/mol. The van der Waals surface area contributed by atoms with E-state index < -0.39 is 0 Å². The van der Waals surface area contributed by atoms with Gasteiger partial charge in [-0.05, 0) is 52.3 Å². The summed E-state index contributed by atoms with van der Waals surface area (Å²) >= 11 is 0. The fourth-order valence-electron chi connectivity index (χ4n) is 1.90. The maximum Gasteiger partial charge on any atom is 0.125 e. The molecule has 0 aliphatic carbocycles. The van der Waals surface area contributed by atoms with Crippen molar-refractivity contribution in [1.29, 1.82) is 0 Å². The van der Waals surface area contributed by atoms with Crippen LogP contribution in [0.15, 0.2) is 18.2 Å². The summed E-state index contributed by atoms with van der Waals surface area (Å²) < 4.78 is 10.8. The van der Waals surface area contributed by atoms with Crippen molar-refractivity contribution in [2.45, 2.75) is 39.2 Å². The normalized spacial score (nSPS) is 11.4. The average molecular weight is 251 g/mol. The second kappa shape index (κ2) is 6.64. The quantitative estimate of drug-likeness (QED) is 0.788.